The minimum Gasteiger partial charge on any atom is -0.443 e. The Hall–Kier alpha value is -3.54. The van der Waals surface area contributed by atoms with Crippen LogP contribution in [-0.2, 0) is 6.18 Å². The van der Waals surface area contributed by atoms with Crippen LogP contribution in [0.3, 0.4) is 0 Å². The third kappa shape index (κ3) is 6.53. The summed E-state index contributed by atoms with van der Waals surface area (Å²) in [6.07, 6.45) is -0.173. The molecule has 2 aromatic heterocycles. The third-order valence-electron chi connectivity index (χ3n) is 5.84. The maximum absolute atomic E-state index is 13.1. The Bertz CT molecular complexity index is 1230. The number of nitrogens with zero attached hydrogens (tertiary/aromatic N) is 2. The summed E-state index contributed by atoms with van der Waals surface area (Å²) in [4.78, 5) is 17.4. The molecule has 0 aliphatic rings. The highest BCUT2D eigenvalue weighted by Gasteiger charge is 2.31. The Labute approximate surface area is 202 Å². The Morgan fingerprint density at radius 3 is 2.57 bits per heavy atom. The van der Waals surface area contributed by atoms with Crippen molar-refractivity contribution in [2.75, 3.05) is 10.6 Å². The second-order valence-electron chi connectivity index (χ2n) is 9.24. The highest BCUT2D eigenvalue weighted by Crippen LogP contribution is 2.32. The van der Waals surface area contributed by atoms with Crippen LogP contribution >= 0.6 is 0 Å². The van der Waals surface area contributed by atoms with Crippen molar-refractivity contribution < 1.29 is 22.4 Å². The molecule has 2 heterocycles. The number of hydrogen-bond donors (Lipinski definition) is 2. The molecule has 0 radical (unpaired) electrons. The molecule has 2 unspecified atom stereocenters. The van der Waals surface area contributed by atoms with Gasteiger partial charge in [-0.1, -0.05) is 40.2 Å². The van der Waals surface area contributed by atoms with Gasteiger partial charge in [0.2, 0.25) is 5.76 Å². The number of aromatic nitrogens is 1. The van der Waals surface area contributed by atoms with Crippen molar-refractivity contribution in [3.8, 4) is 6.07 Å². The van der Waals surface area contributed by atoms with Gasteiger partial charge in [-0.15, -0.1) is 0 Å². The maximum Gasteiger partial charge on any atom is 0.416 e. The number of rotatable bonds is 9. The molecule has 0 bridgehead atoms. The summed E-state index contributed by atoms with van der Waals surface area (Å²) in [5, 5.41) is 15.8. The standard InChI is InChI=1S/C26H29F3N4O2/c1-5-16(4)10-19(9-15(2)3)32-23-12-20-22(14-31-23)35-21(13-30)24(20)25(34)33-18-8-6-7-17(11-18)26(27,28)29/h6-8,11-12,14-16,19H,5,9-10H2,1-4H3,(H,31,32)(H,33,34). The number of amides is 1. The van der Waals surface area contributed by atoms with Crippen LogP contribution in [0.1, 0.15) is 68.6 Å². The largest absolute Gasteiger partial charge is 0.443 e. The number of fused-ring (bicyclic) bond motifs is 1. The maximum atomic E-state index is 13.1. The number of carbonyl (C=O) groups excluding carboxylic acids is 1. The molecular formula is C26H29F3N4O2. The lowest BCUT2D eigenvalue weighted by Crippen LogP contribution is -2.24. The first-order valence-corrected chi connectivity index (χ1v) is 11.6. The summed E-state index contributed by atoms with van der Waals surface area (Å²) in [6.45, 7) is 8.63. The predicted octanol–water partition coefficient (Wildman–Crippen LogP) is 7.23. The number of nitriles is 1. The third-order valence-corrected chi connectivity index (χ3v) is 5.84. The summed E-state index contributed by atoms with van der Waals surface area (Å²) >= 11 is 0. The lowest BCUT2D eigenvalue weighted by Gasteiger charge is -2.24. The van der Waals surface area contributed by atoms with Crippen molar-refractivity contribution in [3.63, 3.8) is 0 Å². The van der Waals surface area contributed by atoms with E-state index in [-0.39, 0.29) is 28.6 Å². The molecule has 0 spiro atoms. The molecule has 0 aliphatic carbocycles. The number of alkyl halides is 3. The zero-order chi connectivity index (χ0) is 25.8. The van der Waals surface area contributed by atoms with E-state index in [9.17, 15) is 23.2 Å². The van der Waals surface area contributed by atoms with Gasteiger partial charge in [0.05, 0.1) is 11.8 Å². The minimum absolute atomic E-state index is 0.0407. The Morgan fingerprint density at radius 1 is 1.20 bits per heavy atom. The van der Waals surface area contributed by atoms with Crippen LogP contribution in [0, 0.1) is 23.2 Å². The zero-order valence-electron chi connectivity index (χ0n) is 20.2. The second kappa shape index (κ2) is 10.8. The Balaban J connectivity index is 1.93. The number of carbonyl (C=O) groups is 1. The molecule has 9 heteroatoms. The van der Waals surface area contributed by atoms with E-state index in [1.165, 1.54) is 18.3 Å². The van der Waals surface area contributed by atoms with Crippen LogP contribution in [0.2, 0.25) is 0 Å². The van der Waals surface area contributed by atoms with Crippen LogP contribution in [0.25, 0.3) is 11.0 Å². The Morgan fingerprint density at radius 2 is 1.94 bits per heavy atom. The first-order chi connectivity index (χ1) is 16.5. The first kappa shape index (κ1) is 26.1. The molecule has 0 aliphatic heterocycles. The molecule has 1 aromatic carbocycles. The van der Waals surface area contributed by atoms with Crippen molar-refractivity contribution >= 4 is 28.4 Å². The summed E-state index contributed by atoms with van der Waals surface area (Å²) in [5.74, 6) is 0.540. The summed E-state index contributed by atoms with van der Waals surface area (Å²) in [7, 11) is 0. The van der Waals surface area contributed by atoms with Crippen molar-refractivity contribution in [1.82, 2.24) is 4.98 Å². The number of hydrogen-bond acceptors (Lipinski definition) is 5. The topological polar surface area (TPSA) is 91.0 Å². The fraction of sp³-hybridized carbons (Fsp3) is 0.423. The second-order valence-corrected chi connectivity index (χ2v) is 9.24. The average molecular weight is 487 g/mol. The van der Waals surface area contributed by atoms with Gasteiger partial charge in [0.15, 0.2) is 5.58 Å². The van der Waals surface area contributed by atoms with E-state index in [0.29, 0.717) is 23.0 Å². The Kier molecular flexibility index (Phi) is 8.05. The molecule has 3 rings (SSSR count). The van der Waals surface area contributed by atoms with E-state index in [0.717, 1.165) is 31.4 Å². The molecule has 0 fully saturated rings. The van der Waals surface area contributed by atoms with Gasteiger partial charge in [-0.25, -0.2) is 4.98 Å². The lowest BCUT2D eigenvalue weighted by molar-refractivity contribution is -0.137. The quantitative estimate of drug-likeness (QED) is 0.333. The highest BCUT2D eigenvalue weighted by molar-refractivity contribution is 6.14. The van der Waals surface area contributed by atoms with E-state index in [2.05, 4.69) is 43.3 Å². The van der Waals surface area contributed by atoms with E-state index in [1.54, 1.807) is 6.07 Å². The van der Waals surface area contributed by atoms with Gasteiger partial charge in [-0.05, 0) is 48.9 Å². The van der Waals surface area contributed by atoms with Gasteiger partial charge in [0.1, 0.15) is 17.5 Å². The van der Waals surface area contributed by atoms with Crippen molar-refractivity contribution in [1.29, 1.82) is 5.26 Å². The molecule has 0 saturated heterocycles. The molecular weight excluding hydrogens is 457 g/mol. The van der Waals surface area contributed by atoms with Crippen LogP contribution in [0.15, 0.2) is 40.9 Å². The fourth-order valence-corrected chi connectivity index (χ4v) is 4.00. The highest BCUT2D eigenvalue weighted by atomic mass is 19.4. The molecule has 0 saturated carbocycles. The zero-order valence-corrected chi connectivity index (χ0v) is 20.2. The van der Waals surface area contributed by atoms with Gasteiger partial charge in [0, 0.05) is 17.1 Å². The summed E-state index contributed by atoms with van der Waals surface area (Å²) < 4.78 is 44.7. The fourth-order valence-electron chi connectivity index (χ4n) is 4.00. The minimum atomic E-state index is -4.55. The molecule has 2 N–H and O–H groups in total. The SMILES string of the molecule is CCC(C)CC(CC(C)C)Nc1cc2c(C(=O)Nc3cccc(C(F)(F)F)c3)c(C#N)oc2cn1. The number of anilines is 2. The number of benzene rings is 1. The van der Waals surface area contributed by atoms with Gasteiger partial charge >= 0.3 is 6.18 Å². The summed E-state index contributed by atoms with van der Waals surface area (Å²) in [6, 6.07) is 7.97. The predicted molar refractivity (Wildman–Crippen MR) is 129 cm³/mol. The number of pyridine rings is 1. The van der Waals surface area contributed by atoms with Crippen LogP contribution in [-0.4, -0.2) is 16.9 Å². The monoisotopic (exact) mass is 486 g/mol. The van der Waals surface area contributed by atoms with Crippen molar-refractivity contribution in [2.24, 2.45) is 11.8 Å². The number of nitrogens with one attached hydrogen (secondary N) is 2. The molecule has 2 atom stereocenters. The van der Waals surface area contributed by atoms with E-state index < -0.39 is 17.6 Å². The van der Waals surface area contributed by atoms with Gasteiger partial charge < -0.3 is 15.1 Å². The van der Waals surface area contributed by atoms with Crippen LogP contribution in [0.4, 0.5) is 24.7 Å². The molecule has 35 heavy (non-hydrogen) atoms. The smallest absolute Gasteiger partial charge is 0.416 e. The van der Waals surface area contributed by atoms with Crippen molar-refractivity contribution in [3.05, 3.63) is 53.4 Å². The first-order valence-electron chi connectivity index (χ1n) is 11.6. The van der Waals surface area contributed by atoms with Gasteiger partial charge in [0.25, 0.3) is 5.91 Å². The number of halogens is 3. The molecule has 1 amide bonds. The normalized spacial score (nSPS) is 13.5. The molecule has 186 valence electrons. The van der Waals surface area contributed by atoms with E-state index >= 15 is 0 Å². The van der Waals surface area contributed by atoms with E-state index in [4.69, 9.17) is 4.42 Å². The number of furan rings is 1. The van der Waals surface area contributed by atoms with Gasteiger partial charge in [-0.3, -0.25) is 4.79 Å². The lowest BCUT2D eigenvalue weighted by atomic mass is 9.93. The van der Waals surface area contributed by atoms with Crippen LogP contribution < -0.4 is 10.6 Å². The van der Waals surface area contributed by atoms with Crippen LogP contribution in [0.5, 0.6) is 0 Å². The molecule has 6 nitrogen and oxygen atoms in total. The van der Waals surface area contributed by atoms with Crippen molar-refractivity contribution in [2.45, 2.75) is 59.2 Å². The molecule has 3 aromatic rings. The average Bonchev–Trinajstić information content (AvgIpc) is 3.16. The van der Waals surface area contributed by atoms with Gasteiger partial charge in [-0.2, -0.15) is 18.4 Å². The summed E-state index contributed by atoms with van der Waals surface area (Å²) in [5.41, 5.74) is -0.738. The van der Waals surface area contributed by atoms with E-state index in [1.807, 2.05) is 6.07 Å².